The van der Waals surface area contributed by atoms with Crippen LogP contribution in [0.5, 0.6) is 0 Å². The number of sulfone groups is 1. The van der Waals surface area contributed by atoms with Gasteiger partial charge in [-0.15, -0.1) is 0 Å². The van der Waals surface area contributed by atoms with E-state index in [1.807, 2.05) is 36.4 Å². The molecule has 0 bridgehead atoms. The first-order valence-electron chi connectivity index (χ1n) is 10.9. The molecule has 4 nitrogen and oxygen atoms in total. The number of hydrogen-bond acceptors (Lipinski definition) is 4. The van der Waals surface area contributed by atoms with Gasteiger partial charge in [-0.25, -0.2) is 8.42 Å². The highest BCUT2D eigenvalue weighted by atomic mass is 32.2. The predicted octanol–water partition coefficient (Wildman–Crippen LogP) is 4.00. The summed E-state index contributed by atoms with van der Waals surface area (Å²) in [5, 5.41) is 4.73. The molecule has 2 aliphatic rings. The van der Waals surface area contributed by atoms with Crippen molar-refractivity contribution < 1.29 is 8.42 Å². The Morgan fingerprint density at radius 3 is 2.53 bits per heavy atom. The van der Waals surface area contributed by atoms with Gasteiger partial charge in [0.25, 0.3) is 0 Å². The van der Waals surface area contributed by atoms with Crippen LogP contribution in [0.3, 0.4) is 0 Å². The molecular formula is C25H28N2O2S. The third-order valence-electron chi connectivity index (χ3n) is 6.63. The van der Waals surface area contributed by atoms with E-state index in [-0.39, 0.29) is 5.92 Å². The molecule has 1 fully saturated rings. The molecule has 3 aromatic carbocycles. The van der Waals surface area contributed by atoms with Crippen molar-refractivity contribution in [2.24, 2.45) is 5.92 Å². The first-order chi connectivity index (χ1) is 14.6. The molecule has 1 saturated heterocycles. The Morgan fingerprint density at radius 1 is 0.933 bits per heavy atom. The van der Waals surface area contributed by atoms with Crippen LogP contribution >= 0.6 is 0 Å². The molecule has 5 rings (SSSR count). The topological polar surface area (TPSA) is 49.4 Å². The lowest BCUT2D eigenvalue weighted by Crippen LogP contribution is -2.52. The number of fused-ring (bicyclic) bond motifs is 2. The number of piperidine rings is 1. The van der Waals surface area contributed by atoms with Gasteiger partial charge in [-0.05, 0) is 48.4 Å². The second kappa shape index (κ2) is 8.14. The minimum Gasteiger partial charge on any atom is -0.316 e. The minimum absolute atomic E-state index is 0.0907. The quantitative estimate of drug-likeness (QED) is 0.693. The molecule has 0 aromatic heterocycles. The zero-order valence-corrected chi connectivity index (χ0v) is 17.9. The van der Waals surface area contributed by atoms with Crippen molar-refractivity contribution in [2.45, 2.75) is 36.1 Å². The molecule has 5 heteroatoms. The predicted molar refractivity (Wildman–Crippen MR) is 121 cm³/mol. The zero-order chi connectivity index (χ0) is 20.6. The van der Waals surface area contributed by atoms with Crippen molar-refractivity contribution in [3.05, 3.63) is 77.9 Å². The lowest BCUT2D eigenvalue weighted by Gasteiger charge is -2.40. The summed E-state index contributed by atoms with van der Waals surface area (Å²) in [5.41, 5.74) is 2.60. The second-order valence-corrected chi connectivity index (χ2v) is 10.5. The van der Waals surface area contributed by atoms with Gasteiger partial charge < -0.3 is 5.32 Å². The highest BCUT2D eigenvalue weighted by Crippen LogP contribution is 2.35. The van der Waals surface area contributed by atoms with E-state index in [1.54, 1.807) is 6.07 Å². The number of nitrogens with one attached hydrogen (secondary N) is 1. The van der Waals surface area contributed by atoms with Gasteiger partial charge in [-0.3, -0.25) is 4.90 Å². The molecule has 2 unspecified atom stereocenters. The molecule has 2 atom stereocenters. The summed E-state index contributed by atoms with van der Waals surface area (Å²) in [6.45, 7) is 3.21. The summed E-state index contributed by atoms with van der Waals surface area (Å²) in [7, 11) is -3.54. The van der Waals surface area contributed by atoms with Gasteiger partial charge in [-0.1, -0.05) is 60.7 Å². The van der Waals surface area contributed by atoms with Crippen LogP contribution in [-0.2, 0) is 22.8 Å². The van der Waals surface area contributed by atoms with Gasteiger partial charge in [0.2, 0.25) is 0 Å². The van der Waals surface area contributed by atoms with Crippen LogP contribution in [0.25, 0.3) is 10.8 Å². The number of rotatable bonds is 4. The van der Waals surface area contributed by atoms with E-state index in [0.29, 0.717) is 11.4 Å². The van der Waals surface area contributed by atoms with Gasteiger partial charge in [-0.2, -0.15) is 0 Å². The van der Waals surface area contributed by atoms with Gasteiger partial charge >= 0.3 is 0 Å². The molecule has 2 heterocycles. The van der Waals surface area contributed by atoms with Gasteiger partial charge in [0, 0.05) is 30.9 Å². The van der Waals surface area contributed by atoms with Crippen molar-refractivity contribution in [3.63, 3.8) is 0 Å². The van der Waals surface area contributed by atoms with Gasteiger partial charge in [0.15, 0.2) is 9.84 Å². The van der Waals surface area contributed by atoms with Crippen molar-refractivity contribution in [1.29, 1.82) is 0 Å². The zero-order valence-electron chi connectivity index (χ0n) is 17.1. The number of benzene rings is 3. The second-order valence-electron chi connectivity index (χ2n) is 8.51. The smallest absolute Gasteiger partial charge is 0.195 e. The molecule has 2 aliphatic heterocycles. The molecule has 30 heavy (non-hydrogen) atoms. The Labute approximate surface area is 178 Å². The van der Waals surface area contributed by atoms with E-state index in [1.165, 1.54) is 11.1 Å². The van der Waals surface area contributed by atoms with Crippen LogP contribution in [0.4, 0.5) is 0 Å². The first kappa shape index (κ1) is 19.7. The van der Waals surface area contributed by atoms with Gasteiger partial charge in [0.05, 0.1) is 4.90 Å². The standard InChI is InChI=1S/C25H28N2O2S/c28-30(29,24-13-5-10-20-8-3-4-12-23(20)24)25(21-11-6-15-26-17-21)27-16-14-19-7-1-2-9-22(19)18-27/h1-5,7-10,12-13,21,25-26H,6,11,14-18H2. The maximum atomic E-state index is 14.2. The van der Waals surface area contributed by atoms with E-state index < -0.39 is 15.2 Å². The lowest BCUT2D eigenvalue weighted by molar-refractivity contribution is 0.162. The molecule has 0 saturated carbocycles. The molecule has 1 N–H and O–H groups in total. The van der Waals surface area contributed by atoms with Crippen molar-refractivity contribution in [1.82, 2.24) is 10.2 Å². The maximum absolute atomic E-state index is 14.2. The average molecular weight is 421 g/mol. The van der Waals surface area contributed by atoms with E-state index in [2.05, 4.69) is 34.5 Å². The highest BCUT2D eigenvalue weighted by Gasteiger charge is 2.41. The highest BCUT2D eigenvalue weighted by molar-refractivity contribution is 7.92. The third kappa shape index (κ3) is 3.55. The Morgan fingerprint density at radius 2 is 1.70 bits per heavy atom. The Kier molecular flexibility index (Phi) is 5.35. The lowest BCUT2D eigenvalue weighted by atomic mass is 9.95. The maximum Gasteiger partial charge on any atom is 0.195 e. The van der Waals surface area contributed by atoms with Crippen molar-refractivity contribution >= 4 is 20.6 Å². The fourth-order valence-electron chi connectivity index (χ4n) is 5.18. The fraction of sp³-hybridized carbons (Fsp3) is 0.360. The molecule has 156 valence electrons. The summed E-state index contributed by atoms with van der Waals surface area (Å²) in [4.78, 5) is 2.69. The van der Waals surface area contributed by atoms with Crippen LogP contribution in [0.15, 0.2) is 71.6 Å². The largest absolute Gasteiger partial charge is 0.316 e. The fourth-order valence-corrected chi connectivity index (χ4v) is 7.51. The van der Waals surface area contributed by atoms with Crippen LogP contribution in [-0.4, -0.2) is 38.3 Å². The third-order valence-corrected chi connectivity index (χ3v) is 8.92. The molecule has 0 radical (unpaired) electrons. The molecule has 0 amide bonds. The van der Waals surface area contributed by atoms with E-state index in [4.69, 9.17) is 0 Å². The van der Waals surface area contributed by atoms with Crippen LogP contribution < -0.4 is 5.32 Å². The summed E-state index contributed by atoms with van der Waals surface area (Å²) >= 11 is 0. The average Bonchev–Trinajstić information content (AvgIpc) is 2.79. The number of hydrogen-bond donors (Lipinski definition) is 1. The Hall–Kier alpha value is -2.21. The van der Waals surface area contributed by atoms with Crippen LogP contribution in [0.1, 0.15) is 24.0 Å². The minimum atomic E-state index is -3.54. The summed E-state index contributed by atoms with van der Waals surface area (Å²) < 4.78 is 28.4. The Balaban J connectivity index is 1.59. The van der Waals surface area contributed by atoms with Crippen LogP contribution in [0.2, 0.25) is 0 Å². The Bertz CT molecular complexity index is 1150. The summed E-state index contributed by atoms with van der Waals surface area (Å²) in [5.74, 6) is 0.0907. The van der Waals surface area contributed by atoms with E-state index in [0.717, 1.165) is 49.7 Å². The van der Waals surface area contributed by atoms with Crippen molar-refractivity contribution in [3.8, 4) is 0 Å². The normalized spacial score (nSPS) is 21.3. The molecular weight excluding hydrogens is 392 g/mol. The first-order valence-corrected chi connectivity index (χ1v) is 12.4. The number of nitrogens with zero attached hydrogens (tertiary/aromatic N) is 1. The molecule has 3 aromatic rings. The monoisotopic (exact) mass is 420 g/mol. The van der Waals surface area contributed by atoms with Crippen LogP contribution in [0, 0.1) is 5.92 Å². The summed E-state index contributed by atoms with van der Waals surface area (Å²) in [6.07, 6.45) is 2.87. The van der Waals surface area contributed by atoms with E-state index in [9.17, 15) is 8.42 Å². The van der Waals surface area contributed by atoms with Gasteiger partial charge in [0.1, 0.15) is 5.37 Å². The SMILES string of the molecule is O=S(=O)(c1cccc2ccccc12)C(C1CCCNC1)N1CCc2ccccc2C1. The molecule has 0 aliphatic carbocycles. The van der Waals surface area contributed by atoms with E-state index >= 15 is 0 Å². The molecule has 0 spiro atoms. The summed E-state index contributed by atoms with van der Waals surface area (Å²) in [6, 6.07) is 21.9. The van der Waals surface area contributed by atoms with Crippen molar-refractivity contribution in [2.75, 3.05) is 19.6 Å².